The van der Waals surface area contributed by atoms with Crippen LogP contribution >= 0.6 is 12.4 Å². The van der Waals surface area contributed by atoms with Crippen LogP contribution in [0.5, 0.6) is 0 Å². The van der Waals surface area contributed by atoms with Crippen molar-refractivity contribution in [3.8, 4) is 0 Å². The second kappa shape index (κ2) is 17.2. The van der Waals surface area contributed by atoms with Crippen LogP contribution in [0.3, 0.4) is 0 Å². The van der Waals surface area contributed by atoms with Gasteiger partial charge in [0.05, 0.1) is 24.5 Å². The van der Waals surface area contributed by atoms with E-state index in [-0.39, 0.29) is 24.4 Å². The van der Waals surface area contributed by atoms with E-state index < -0.39 is 0 Å². The summed E-state index contributed by atoms with van der Waals surface area (Å²) in [6, 6.07) is 18.5. The first-order valence-corrected chi connectivity index (χ1v) is 14.7. The van der Waals surface area contributed by atoms with Crippen LogP contribution in [-0.2, 0) is 25.8 Å². The number of aromatic amines is 1. The molecular weight excluding hydrogens is 534 g/mol. The van der Waals surface area contributed by atoms with E-state index in [1.807, 2.05) is 35.3 Å². The van der Waals surface area contributed by atoms with Gasteiger partial charge in [0.15, 0.2) is 0 Å². The van der Waals surface area contributed by atoms with Gasteiger partial charge in [-0.05, 0) is 68.7 Å². The van der Waals surface area contributed by atoms with Crippen LogP contribution in [-0.4, -0.2) is 37.4 Å². The van der Waals surface area contributed by atoms with Crippen molar-refractivity contribution in [3.05, 3.63) is 95.1 Å². The molecule has 1 amide bonds. The van der Waals surface area contributed by atoms with E-state index in [2.05, 4.69) is 81.2 Å². The lowest BCUT2D eigenvalue weighted by Gasteiger charge is -2.13. The van der Waals surface area contributed by atoms with Crippen LogP contribution in [0, 0.1) is 0 Å². The van der Waals surface area contributed by atoms with E-state index >= 15 is 0 Å². The second-order valence-corrected chi connectivity index (χ2v) is 10.5. The van der Waals surface area contributed by atoms with Crippen molar-refractivity contribution in [2.45, 2.75) is 84.2 Å². The molecule has 0 bridgehead atoms. The number of rotatable bonds is 17. The van der Waals surface area contributed by atoms with Crippen LogP contribution in [0.15, 0.2) is 67.0 Å². The van der Waals surface area contributed by atoms with Gasteiger partial charge in [0.2, 0.25) is 5.95 Å². The lowest BCUT2D eigenvalue weighted by atomic mass is 10.1. The smallest absolute Gasteiger partial charge is 0.251 e. The third-order valence-corrected chi connectivity index (χ3v) is 7.16. The molecule has 8 nitrogen and oxygen atoms in total. The number of carbonyl (C=O) groups excluding carboxylic acids is 1. The van der Waals surface area contributed by atoms with E-state index in [9.17, 15) is 4.79 Å². The van der Waals surface area contributed by atoms with Crippen molar-refractivity contribution in [2.24, 2.45) is 0 Å². The summed E-state index contributed by atoms with van der Waals surface area (Å²) in [5.41, 5.74) is 5.37. The normalized spacial score (nSPS) is 11.6. The first-order valence-electron chi connectivity index (χ1n) is 14.7. The zero-order valence-corrected chi connectivity index (χ0v) is 25.1. The summed E-state index contributed by atoms with van der Waals surface area (Å²) in [7, 11) is 0. The standard InChI is InChI=1S/C32H43N7O.ClH/c1-3-4-7-12-26-17-19-28(20-18-26)31(40)33-21-22-39-24-30(37-38-39)16-11-6-10-15-29-23-34-32(36-29)35-25(2)27-13-8-5-9-14-27;/h5,8-9,13-14,17-20,23-25H,3-4,6-7,10-12,15-16,21-22H2,1-2H3,(H,33,40)(H2,34,35,36);1H. The molecule has 3 N–H and O–H groups in total. The Kier molecular flexibility index (Phi) is 13.4. The van der Waals surface area contributed by atoms with E-state index in [1.54, 1.807) is 0 Å². The number of imidazole rings is 1. The van der Waals surface area contributed by atoms with E-state index in [0.717, 1.165) is 55.9 Å². The Labute approximate surface area is 250 Å². The Bertz CT molecular complexity index is 1290. The van der Waals surface area contributed by atoms with Gasteiger partial charge >= 0.3 is 0 Å². The molecule has 4 aromatic rings. The SMILES string of the molecule is CCCCCc1ccc(C(=O)NCCn2cc(CCCCCc3cnc(NC(C)c4ccccc4)[nH]3)nn2)cc1.Cl. The highest BCUT2D eigenvalue weighted by Gasteiger charge is 2.08. The van der Waals surface area contributed by atoms with Crippen molar-refractivity contribution < 1.29 is 4.79 Å². The fourth-order valence-electron chi connectivity index (χ4n) is 4.74. The minimum atomic E-state index is -0.0497. The van der Waals surface area contributed by atoms with Crippen LogP contribution in [0.4, 0.5) is 5.95 Å². The van der Waals surface area contributed by atoms with Gasteiger partial charge in [0.1, 0.15) is 0 Å². The Morgan fingerprint density at radius 2 is 1.71 bits per heavy atom. The number of anilines is 1. The maximum Gasteiger partial charge on any atom is 0.251 e. The van der Waals surface area contributed by atoms with E-state index in [0.29, 0.717) is 18.7 Å². The molecule has 2 aromatic heterocycles. The van der Waals surface area contributed by atoms with Gasteiger partial charge in [0, 0.05) is 24.0 Å². The number of amides is 1. The predicted octanol–water partition coefficient (Wildman–Crippen LogP) is 6.71. The molecule has 2 aromatic carbocycles. The van der Waals surface area contributed by atoms with Gasteiger partial charge in [-0.15, -0.1) is 17.5 Å². The summed E-state index contributed by atoms with van der Waals surface area (Å²) in [4.78, 5) is 20.3. The van der Waals surface area contributed by atoms with E-state index in [4.69, 9.17) is 0 Å². The lowest BCUT2D eigenvalue weighted by molar-refractivity contribution is 0.0952. The number of H-pyrrole nitrogens is 1. The first kappa shape index (κ1) is 31.9. The summed E-state index contributed by atoms with van der Waals surface area (Å²) >= 11 is 0. The minimum Gasteiger partial charge on any atom is -0.350 e. The Morgan fingerprint density at radius 3 is 2.49 bits per heavy atom. The van der Waals surface area contributed by atoms with Gasteiger partial charge in [-0.3, -0.25) is 9.48 Å². The molecule has 41 heavy (non-hydrogen) atoms. The van der Waals surface area contributed by atoms with Gasteiger partial charge in [-0.1, -0.05) is 73.9 Å². The number of halogens is 1. The largest absolute Gasteiger partial charge is 0.350 e. The van der Waals surface area contributed by atoms with Crippen molar-refractivity contribution in [1.82, 2.24) is 30.3 Å². The molecule has 0 saturated carbocycles. The molecule has 1 unspecified atom stereocenters. The average Bonchev–Trinajstić information content (AvgIpc) is 3.63. The molecule has 1 atom stereocenters. The molecule has 2 heterocycles. The van der Waals surface area contributed by atoms with Crippen LogP contribution in [0.2, 0.25) is 0 Å². The molecule has 0 aliphatic rings. The first-order chi connectivity index (χ1) is 19.6. The summed E-state index contributed by atoms with van der Waals surface area (Å²) < 4.78 is 1.81. The van der Waals surface area contributed by atoms with Crippen molar-refractivity contribution >= 4 is 24.3 Å². The number of aromatic nitrogens is 5. The summed E-state index contributed by atoms with van der Waals surface area (Å²) in [6.45, 7) is 5.47. The van der Waals surface area contributed by atoms with Crippen molar-refractivity contribution in [3.63, 3.8) is 0 Å². The minimum absolute atomic E-state index is 0. The lowest BCUT2D eigenvalue weighted by Crippen LogP contribution is -2.27. The fourth-order valence-corrected chi connectivity index (χ4v) is 4.74. The quantitative estimate of drug-likeness (QED) is 0.121. The Hall–Kier alpha value is -3.65. The third kappa shape index (κ3) is 10.7. The number of carbonyl (C=O) groups is 1. The van der Waals surface area contributed by atoms with Crippen molar-refractivity contribution in [2.75, 3.05) is 11.9 Å². The third-order valence-electron chi connectivity index (χ3n) is 7.16. The molecule has 0 spiro atoms. The van der Waals surface area contributed by atoms with Crippen LogP contribution in [0.1, 0.15) is 91.3 Å². The highest BCUT2D eigenvalue weighted by atomic mass is 35.5. The highest BCUT2D eigenvalue weighted by Crippen LogP contribution is 2.17. The molecule has 0 radical (unpaired) electrons. The van der Waals surface area contributed by atoms with Crippen molar-refractivity contribution in [1.29, 1.82) is 0 Å². The predicted molar refractivity (Wildman–Crippen MR) is 168 cm³/mol. The maximum absolute atomic E-state index is 12.5. The summed E-state index contributed by atoms with van der Waals surface area (Å²) in [5, 5.41) is 14.9. The molecule has 0 fully saturated rings. The number of aryl methyl sites for hydroxylation is 3. The van der Waals surface area contributed by atoms with Gasteiger partial charge in [-0.2, -0.15) is 0 Å². The van der Waals surface area contributed by atoms with Gasteiger partial charge in [0.25, 0.3) is 5.91 Å². The fraction of sp³-hybridized carbons (Fsp3) is 0.438. The number of benzene rings is 2. The van der Waals surface area contributed by atoms with Gasteiger partial charge in [-0.25, -0.2) is 4.98 Å². The molecule has 9 heteroatoms. The van der Waals surface area contributed by atoms with Crippen LogP contribution in [0.25, 0.3) is 0 Å². The Balaban J connectivity index is 0.00000462. The average molecular weight is 578 g/mol. The Morgan fingerprint density at radius 1 is 0.951 bits per heavy atom. The molecule has 220 valence electrons. The number of unbranched alkanes of at least 4 members (excludes halogenated alkanes) is 4. The summed E-state index contributed by atoms with van der Waals surface area (Å²) in [6.07, 6.45) is 13.8. The highest BCUT2D eigenvalue weighted by molar-refractivity contribution is 5.94. The number of nitrogens with one attached hydrogen (secondary N) is 3. The van der Waals surface area contributed by atoms with Crippen LogP contribution < -0.4 is 10.6 Å². The zero-order chi connectivity index (χ0) is 28.0. The summed E-state index contributed by atoms with van der Waals surface area (Å²) in [5.74, 6) is 0.765. The molecule has 0 saturated heterocycles. The monoisotopic (exact) mass is 577 g/mol. The van der Waals surface area contributed by atoms with Gasteiger partial charge < -0.3 is 15.6 Å². The molecular formula is C32H44ClN7O. The molecule has 0 aliphatic heterocycles. The topological polar surface area (TPSA) is 101 Å². The second-order valence-electron chi connectivity index (χ2n) is 10.5. The molecule has 4 rings (SSSR count). The zero-order valence-electron chi connectivity index (χ0n) is 24.3. The maximum atomic E-state index is 12.5. The van der Waals surface area contributed by atoms with E-state index in [1.165, 1.54) is 30.4 Å². The number of hydrogen-bond acceptors (Lipinski definition) is 5. The number of hydrogen-bond donors (Lipinski definition) is 3. The molecule has 0 aliphatic carbocycles. The number of nitrogens with zero attached hydrogens (tertiary/aromatic N) is 4.